The Labute approximate surface area is 82.9 Å². The van der Waals surface area contributed by atoms with Crippen molar-refractivity contribution in [3.05, 3.63) is 0 Å². The van der Waals surface area contributed by atoms with Crippen molar-refractivity contribution in [2.45, 2.75) is 26.2 Å². The minimum Gasteiger partial charge on any atom is -0.437 e. The summed E-state index contributed by atoms with van der Waals surface area (Å²) in [4.78, 5) is 11.3. The molecule has 0 spiro atoms. The van der Waals surface area contributed by atoms with Crippen LogP contribution in [-0.4, -0.2) is 29.6 Å². The molecule has 0 radical (unpaired) electrons. The zero-order valence-electron chi connectivity index (χ0n) is 8.19. The maximum Gasteiger partial charge on any atom is 0.330 e. The number of hydrogen-bond donors (Lipinski definition) is 2. The Balaban J connectivity index is 4.53. The second kappa shape index (κ2) is 6.35. The molecule has 1 atom stereocenters. The summed E-state index contributed by atoms with van der Waals surface area (Å²) in [6.07, 6.45) is 1.71. The number of aliphatic hydroxyl groups is 2. The molecular weight excluding hydrogens is 186 g/mol. The lowest BCUT2D eigenvalue weighted by Gasteiger charge is -2.20. The van der Waals surface area contributed by atoms with Crippen LogP contribution in [0.3, 0.4) is 0 Å². The van der Waals surface area contributed by atoms with E-state index in [1.807, 2.05) is 6.92 Å². The molecule has 0 aromatic carbocycles. The molecule has 1 unspecified atom stereocenters. The zero-order valence-corrected chi connectivity index (χ0v) is 8.19. The zero-order chi connectivity index (χ0) is 11.0. The molecule has 5 heteroatoms. The first-order valence-electron chi connectivity index (χ1n) is 4.47. The Morgan fingerprint density at radius 2 is 2.21 bits per heavy atom. The van der Waals surface area contributed by atoms with Crippen LogP contribution in [0, 0.1) is 16.7 Å². The maximum absolute atomic E-state index is 11.3. The summed E-state index contributed by atoms with van der Waals surface area (Å²) in [6.45, 7) is 0.563. The van der Waals surface area contributed by atoms with Gasteiger partial charge in [0.2, 0.25) is 0 Å². The lowest BCUT2D eigenvalue weighted by atomic mass is 9.85. The molecule has 0 aliphatic rings. The van der Waals surface area contributed by atoms with Crippen molar-refractivity contribution >= 4 is 5.97 Å². The second-order valence-electron chi connectivity index (χ2n) is 3.02. The predicted octanol–water partition coefficient (Wildman–Crippen LogP) is 0.172. The molecule has 5 nitrogen and oxygen atoms in total. The van der Waals surface area contributed by atoms with E-state index < -0.39 is 24.8 Å². The Morgan fingerprint density at radius 3 is 2.57 bits per heavy atom. The van der Waals surface area contributed by atoms with Gasteiger partial charge in [0.1, 0.15) is 0 Å². The van der Waals surface area contributed by atoms with Crippen molar-refractivity contribution < 1.29 is 19.7 Å². The van der Waals surface area contributed by atoms with Gasteiger partial charge in [-0.15, -0.1) is 0 Å². The summed E-state index contributed by atoms with van der Waals surface area (Å²) in [7, 11) is 0. The third-order valence-electron chi connectivity index (χ3n) is 2.03. The number of esters is 1. The molecule has 0 rings (SSSR count). The van der Waals surface area contributed by atoms with Crippen LogP contribution in [0.25, 0.3) is 0 Å². The lowest BCUT2D eigenvalue weighted by molar-refractivity contribution is -0.163. The minimum absolute atomic E-state index is 0.245. The van der Waals surface area contributed by atoms with Crippen molar-refractivity contribution in [1.82, 2.24) is 0 Å². The third kappa shape index (κ3) is 2.98. The van der Waals surface area contributed by atoms with Gasteiger partial charge in [0, 0.05) is 0 Å². The van der Waals surface area contributed by atoms with Crippen LogP contribution in [0.5, 0.6) is 0 Å². The van der Waals surface area contributed by atoms with Crippen LogP contribution >= 0.6 is 0 Å². The number of nitrogens with zero attached hydrogens (tertiary/aromatic N) is 1. The van der Waals surface area contributed by atoms with Crippen LogP contribution < -0.4 is 0 Å². The van der Waals surface area contributed by atoms with E-state index in [0.717, 1.165) is 6.42 Å². The molecule has 0 aromatic heterocycles. The fourth-order valence-electron chi connectivity index (χ4n) is 1.06. The number of carbonyl (C=O) groups excluding carboxylic acids is 1. The van der Waals surface area contributed by atoms with Gasteiger partial charge in [-0.1, -0.05) is 19.8 Å². The van der Waals surface area contributed by atoms with Gasteiger partial charge >= 0.3 is 5.97 Å². The highest BCUT2D eigenvalue weighted by Crippen LogP contribution is 2.25. The number of nitriles is 1. The number of carbonyl (C=O) groups is 1. The first kappa shape index (κ1) is 12.9. The van der Waals surface area contributed by atoms with Gasteiger partial charge in [-0.3, -0.25) is 4.79 Å². The number of ether oxygens (including phenoxy) is 1. The molecule has 80 valence electrons. The number of unbranched alkanes of at least 4 members (excludes halogenated alkanes) is 1. The first-order valence-corrected chi connectivity index (χ1v) is 4.47. The van der Waals surface area contributed by atoms with E-state index in [-0.39, 0.29) is 6.42 Å². The Morgan fingerprint density at radius 1 is 1.57 bits per heavy atom. The summed E-state index contributed by atoms with van der Waals surface area (Å²) < 4.78 is 4.32. The van der Waals surface area contributed by atoms with Gasteiger partial charge in [0.25, 0.3) is 0 Å². The van der Waals surface area contributed by atoms with Crippen LogP contribution in [0.2, 0.25) is 0 Å². The highest BCUT2D eigenvalue weighted by atomic mass is 16.6. The van der Waals surface area contributed by atoms with E-state index >= 15 is 0 Å². The highest BCUT2D eigenvalue weighted by molar-refractivity contribution is 5.80. The highest BCUT2D eigenvalue weighted by Gasteiger charge is 2.39. The Hall–Kier alpha value is -1.12. The number of hydrogen-bond acceptors (Lipinski definition) is 5. The SMILES string of the molecule is CCCCC(C#N)(CO)C(=O)OCO. The number of aliphatic hydroxyl groups excluding tert-OH is 2. The average Bonchev–Trinajstić information content (AvgIpc) is 2.21. The molecule has 14 heavy (non-hydrogen) atoms. The summed E-state index contributed by atoms with van der Waals surface area (Å²) in [5.74, 6) is -0.863. The van der Waals surface area contributed by atoms with Gasteiger partial charge < -0.3 is 14.9 Å². The van der Waals surface area contributed by atoms with Gasteiger partial charge in [-0.05, 0) is 6.42 Å². The smallest absolute Gasteiger partial charge is 0.330 e. The molecule has 0 amide bonds. The average molecular weight is 201 g/mol. The van der Waals surface area contributed by atoms with E-state index in [2.05, 4.69) is 4.74 Å². The van der Waals surface area contributed by atoms with Crippen LogP contribution in [0.4, 0.5) is 0 Å². The second-order valence-corrected chi connectivity index (χ2v) is 3.02. The fraction of sp³-hybridized carbons (Fsp3) is 0.778. The van der Waals surface area contributed by atoms with E-state index in [0.29, 0.717) is 6.42 Å². The van der Waals surface area contributed by atoms with E-state index in [1.54, 1.807) is 6.07 Å². The molecule has 0 aliphatic carbocycles. The van der Waals surface area contributed by atoms with E-state index in [1.165, 1.54) is 0 Å². The largest absolute Gasteiger partial charge is 0.437 e. The van der Waals surface area contributed by atoms with Crippen molar-refractivity contribution in [1.29, 1.82) is 5.26 Å². The summed E-state index contributed by atoms with van der Waals surface area (Å²) >= 11 is 0. The molecule has 0 saturated carbocycles. The van der Waals surface area contributed by atoms with Gasteiger partial charge in [-0.25, -0.2) is 0 Å². The maximum atomic E-state index is 11.3. The third-order valence-corrected chi connectivity index (χ3v) is 2.03. The normalized spacial score (nSPS) is 14.1. The molecular formula is C9H15NO4. The Bertz CT molecular complexity index is 223. The summed E-state index contributed by atoms with van der Waals surface area (Å²) in [6, 6.07) is 1.75. The molecule has 0 aliphatic heterocycles. The molecule has 0 bridgehead atoms. The molecule has 0 heterocycles. The van der Waals surface area contributed by atoms with E-state index in [4.69, 9.17) is 15.5 Å². The quantitative estimate of drug-likeness (QED) is 0.472. The van der Waals surface area contributed by atoms with Crippen LogP contribution in [0.15, 0.2) is 0 Å². The predicted molar refractivity (Wildman–Crippen MR) is 47.8 cm³/mol. The van der Waals surface area contributed by atoms with Gasteiger partial charge in [0.05, 0.1) is 12.7 Å². The van der Waals surface area contributed by atoms with Crippen molar-refractivity contribution in [3.63, 3.8) is 0 Å². The standard InChI is InChI=1S/C9H15NO4/c1-2-3-4-9(5-10,6-11)8(13)14-7-12/h11-12H,2-4,6-7H2,1H3. The summed E-state index contributed by atoms with van der Waals surface area (Å²) in [5.41, 5.74) is -1.52. The molecule has 0 aromatic rings. The Kier molecular flexibility index (Phi) is 5.84. The fourth-order valence-corrected chi connectivity index (χ4v) is 1.06. The van der Waals surface area contributed by atoms with E-state index in [9.17, 15) is 4.79 Å². The molecule has 2 N–H and O–H groups in total. The van der Waals surface area contributed by atoms with Crippen molar-refractivity contribution in [2.75, 3.05) is 13.4 Å². The molecule has 0 fully saturated rings. The topological polar surface area (TPSA) is 90.5 Å². The number of rotatable bonds is 6. The van der Waals surface area contributed by atoms with Crippen molar-refractivity contribution in [3.8, 4) is 6.07 Å². The van der Waals surface area contributed by atoms with Gasteiger partial charge in [0.15, 0.2) is 12.2 Å². The lowest BCUT2D eigenvalue weighted by Crippen LogP contribution is -2.35. The van der Waals surface area contributed by atoms with Crippen LogP contribution in [-0.2, 0) is 9.53 Å². The first-order chi connectivity index (χ1) is 6.66. The van der Waals surface area contributed by atoms with Crippen LogP contribution in [0.1, 0.15) is 26.2 Å². The monoisotopic (exact) mass is 201 g/mol. The minimum atomic E-state index is -1.52. The van der Waals surface area contributed by atoms with Gasteiger partial charge in [-0.2, -0.15) is 5.26 Å². The molecule has 0 saturated heterocycles. The summed E-state index contributed by atoms with van der Waals surface area (Å²) in [5, 5.41) is 26.2. The van der Waals surface area contributed by atoms with Crippen molar-refractivity contribution in [2.24, 2.45) is 5.41 Å².